The smallest absolute Gasteiger partial charge is 0.169 e. The molecule has 4 heteroatoms. The first kappa shape index (κ1) is 26.3. The largest absolute Gasteiger partial charge is 0.366 e. The number of carbonyl (C=O) groups is 2. The summed E-state index contributed by atoms with van der Waals surface area (Å²) in [6.45, 7) is 21.7. The first-order chi connectivity index (χ1) is 12.2. The molecule has 3 unspecified atom stereocenters. The summed E-state index contributed by atoms with van der Waals surface area (Å²) in [6.07, 6.45) is 2.34. The highest BCUT2D eigenvalue weighted by molar-refractivity contribution is 5.90. The Hall–Kier alpha value is -0.740. The van der Waals surface area contributed by atoms with E-state index in [9.17, 15) is 9.59 Å². The zero-order valence-electron chi connectivity index (χ0n) is 19.7. The van der Waals surface area contributed by atoms with Gasteiger partial charge in [0.25, 0.3) is 0 Å². The molecule has 0 saturated heterocycles. The van der Waals surface area contributed by atoms with Gasteiger partial charge >= 0.3 is 0 Å². The maximum Gasteiger partial charge on any atom is 0.169 e. The van der Waals surface area contributed by atoms with Gasteiger partial charge in [-0.05, 0) is 60.3 Å². The van der Waals surface area contributed by atoms with Gasteiger partial charge in [0.2, 0.25) is 0 Å². The highest BCUT2D eigenvalue weighted by Crippen LogP contribution is 2.43. The summed E-state index contributed by atoms with van der Waals surface area (Å²) >= 11 is 0. The van der Waals surface area contributed by atoms with Crippen molar-refractivity contribution in [3.05, 3.63) is 0 Å². The molecule has 0 spiro atoms. The topological polar surface area (TPSA) is 52.6 Å². The van der Waals surface area contributed by atoms with Crippen molar-refractivity contribution in [2.75, 3.05) is 6.61 Å². The average molecular weight is 385 g/mol. The summed E-state index contributed by atoms with van der Waals surface area (Å²) in [5, 5.41) is 0. The van der Waals surface area contributed by atoms with E-state index in [0.717, 1.165) is 12.8 Å². The van der Waals surface area contributed by atoms with Crippen LogP contribution in [-0.2, 0) is 19.1 Å². The highest BCUT2D eigenvalue weighted by Gasteiger charge is 2.51. The molecule has 0 aromatic carbocycles. The van der Waals surface area contributed by atoms with Crippen LogP contribution in [0.25, 0.3) is 0 Å². The molecule has 160 valence electrons. The van der Waals surface area contributed by atoms with Crippen molar-refractivity contribution < 1.29 is 19.1 Å². The Morgan fingerprint density at radius 2 is 1.33 bits per heavy atom. The van der Waals surface area contributed by atoms with Gasteiger partial charge in [0.05, 0.1) is 16.6 Å². The molecule has 0 fully saturated rings. The SMILES string of the molecule is CCC(C)(C)OC(C)C(=O)C(C)(CC)C(C)(CC)OCC(=O)C(C)(C)CC. The number of hydrogen-bond donors (Lipinski definition) is 0. The van der Waals surface area contributed by atoms with Crippen molar-refractivity contribution in [1.82, 2.24) is 0 Å². The molecule has 0 saturated carbocycles. The van der Waals surface area contributed by atoms with Gasteiger partial charge in [0, 0.05) is 5.41 Å². The van der Waals surface area contributed by atoms with E-state index in [-0.39, 0.29) is 23.8 Å². The van der Waals surface area contributed by atoms with E-state index < -0.39 is 22.5 Å². The third-order valence-corrected chi connectivity index (χ3v) is 6.97. The quantitative estimate of drug-likeness (QED) is 0.405. The summed E-state index contributed by atoms with van der Waals surface area (Å²) in [5.41, 5.74) is -2.23. The number of rotatable bonds is 13. The van der Waals surface area contributed by atoms with Gasteiger partial charge in [0.1, 0.15) is 12.7 Å². The van der Waals surface area contributed by atoms with Gasteiger partial charge in [0.15, 0.2) is 11.6 Å². The molecule has 0 aliphatic rings. The lowest BCUT2D eigenvalue weighted by Crippen LogP contribution is -2.55. The van der Waals surface area contributed by atoms with Gasteiger partial charge in [-0.15, -0.1) is 0 Å². The maximum atomic E-state index is 13.4. The number of ketones is 2. The van der Waals surface area contributed by atoms with Gasteiger partial charge < -0.3 is 9.47 Å². The fourth-order valence-electron chi connectivity index (χ4n) is 3.14. The fourth-order valence-corrected chi connectivity index (χ4v) is 3.14. The third-order valence-electron chi connectivity index (χ3n) is 6.97. The van der Waals surface area contributed by atoms with E-state index >= 15 is 0 Å². The van der Waals surface area contributed by atoms with E-state index in [0.29, 0.717) is 12.8 Å². The normalized spacial score (nSPS) is 18.5. The molecule has 0 aliphatic heterocycles. The summed E-state index contributed by atoms with van der Waals surface area (Å²) in [7, 11) is 0. The van der Waals surface area contributed by atoms with Crippen LogP contribution in [-0.4, -0.2) is 35.5 Å². The molecule has 0 aliphatic carbocycles. The van der Waals surface area contributed by atoms with Crippen LogP contribution in [0.5, 0.6) is 0 Å². The standard InChI is InChI=1S/C23H44O4/c1-12-20(6,7)18(24)16-26-23(11,15-4)22(10,14-3)19(25)17(5)27-21(8,9)13-2/h17H,12-16H2,1-11H3. The van der Waals surface area contributed by atoms with E-state index in [2.05, 4.69) is 6.92 Å². The summed E-state index contributed by atoms with van der Waals surface area (Å²) in [5.74, 6) is 0.116. The minimum atomic E-state index is -0.734. The van der Waals surface area contributed by atoms with Crippen LogP contribution >= 0.6 is 0 Å². The van der Waals surface area contributed by atoms with E-state index in [1.54, 1.807) is 0 Å². The van der Waals surface area contributed by atoms with Gasteiger partial charge in [-0.1, -0.05) is 41.5 Å². The summed E-state index contributed by atoms with van der Waals surface area (Å²) < 4.78 is 12.2. The molecule has 0 aromatic heterocycles. The molecular formula is C23H44O4. The first-order valence-electron chi connectivity index (χ1n) is 10.6. The zero-order valence-corrected chi connectivity index (χ0v) is 19.7. The monoisotopic (exact) mass is 384 g/mol. The number of carbonyl (C=O) groups excluding carboxylic acids is 2. The van der Waals surface area contributed by atoms with Crippen LogP contribution in [0.15, 0.2) is 0 Å². The number of Topliss-reactive ketones (excluding diaryl/α,β-unsaturated/α-hetero) is 2. The van der Waals surface area contributed by atoms with Crippen LogP contribution in [0.2, 0.25) is 0 Å². The van der Waals surface area contributed by atoms with E-state index in [1.807, 2.05) is 69.2 Å². The van der Waals surface area contributed by atoms with Crippen LogP contribution in [0.1, 0.15) is 102 Å². The van der Waals surface area contributed by atoms with Crippen LogP contribution < -0.4 is 0 Å². The van der Waals surface area contributed by atoms with Crippen molar-refractivity contribution in [2.24, 2.45) is 10.8 Å². The molecule has 3 atom stereocenters. The van der Waals surface area contributed by atoms with Crippen molar-refractivity contribution >= 4 is 11.6 Å². The molecule has 4 nitrogen and oxygen atoms in total. The number of ether oxygens (including phenoxy) is 2. The average Bonchev–Trinajstić information content (AvgIpc) is 2.63. The van der Waals surface area contributed by atoms with Crippen molar-refractivity contribution in [3.63, 3.8) is 0 Å². The van der Waals surface area contributed by atoms with Crippen LogP contribution in [0.4, 0.5) is 0 Å². The van der Waals surface area contributed by atoms with Gasteiger partial charge in [-0.25, -0.2) is 0 Å². The molecule has 0 N–H and O–H groups in total. The summed E-state index contributed by atoms with van der Waals surface area (Å²) in [6, 6.07) is 0. The van der Waals surface area contributed by atoms with Gasteiger partial charge in [-0.3, -0.25) is 9.59 Å². The Labute approximate surface area is 167 Å². The molecule has 27 heavy (non-hydrogen) atoms. The third kappa shape index (κ3) is 6.12. The molecular weight excluding hydrogens is 340 g/mol. The highest BCUT2D eigenvalue weighted by atomic mass is 16.5. The lowest BCUT2D eigenvalue weighted by atomic mass is 9.66. The minimum Gasteiger partial charge on any atom is -0.366 e. The summed E-state index contributed by atoms with van der Waals surface area (Å²) in [4.78, 5) is 26.0. The zero-order chi connectivity index (χ0) is 21.7. The predicted octanol–water partition coefficient (Wildman–Crippen LogP) is 5.76. The minimum absolute atomic E-state index is 0.0315. The van der Waals surface area contributed by atoms with E-state index in [4.69, 9.17) is 9.47 Å². The van der Waals surface area contributed by atoms with Crippen LogP contribution in [0, 0.1) is 10.8 Å². The van der Waals surface area contributed by atoms with Gasteiger partial charge in [-0.2, -0.15) is 0 Å². The molecule has 0 radical (unpaired) electrons. The molecule has 0 aromatic rings. The maximum absolute atomic E-state index is 13.4. The second kappa shape index (κ2) is 9.65. The Morgan fingerprint density at radius 3 is 1.70 bits per heavy atom. The second-order valence-corrected chi connectivity index (χ2v) is 9.46. The fraction of sp³-hybridized carbons (Fsp3) is 0.913. The molecule has 0 rings (SSSR count). The van der Waals surface area contributed by atoms with Crippen LogP contribution in [0.3, 0.4) is 0 Å². The van der Waals surface area contributed by atoms with Crippen molar-refractivity contribution in [1.29, 1.82) is 0 Å². The Balaban J connectivity index is 5.56. The Morgan fingerprint density at radius 1 is 0.815 bits per heavy atom. The first-order valence-corrected chi connectivity index (χ1v) is 10.6. The lowest BCUT2D eigenvalue weighted by molar-refractivity contribution is -0.177. The Kier molecular flexibility index (Phi) is 9.38. The molecule has 0 amide bonds. The van der Waals surface area contributed by atoms with Crippen molar-refractivity contribution in [3.8, 4) is 0 Å². The molecule has 0 heterocycles. The lowest BCUT2D eigenvalue weighted by Gasteiger charge is -2.46. The predicted molar refractivity (Wildman–Crippen MR) is 112 cm³/mol. The second-order valence-electron chi connectivity index (χ2n) is 9.46. The Bertz CT molecular complexity index is 509. The number of hydrogen-bond acceptors (Lipinski definition) is 4. The molecule has 0 bridgehead atoms. The van der Waals surface area contributed by atoms with Crippen molar-refractivity contribution in [2.45, 2.75) is 119 Å². The van der Waals surface area contributed by atoms with E-state index in [1.165, 1.54) is 0 Å².